The van der Waals surface area contributed by atoms with E-state index in [1.165, 1.54) is 5.56 Å². The molecule has 0 radical (unpaired) electrons. The molecule has 0 bridgehead atoms. The Bertz CT molecular complexity index is 356. The molecule has 88 valence electrons. The Morgan fingerprint density at radius 3 is 2.44 bits per heavy atom. The van der Waals surface area contributed by atoms with Gasteiger partial charge < -0.3 is 5.32 Å². The summed E-state index contributed by atoms with van der Waals surface area (Å²) >= 11 is 0. The van der Waals surface area contributed by atoms with Gasteiger partial charge in [0.1, 0.15) is 5.82 Å². The van der Waals surface area contributed by atoms with E-state index in [4.69, 9.17) is 0 Å². The second-order valence-electron chi connectivity index (χ2n) is 5.27. The van der Waals surface area contributed by atoms with Crippen molar-refractivity contribution in [2.75, 3.05) is 6.54 Å². The third-order valence-electron chi connectivity index (χ3n) is 3.99. The van der Waals surface area contributed by atoms with Gasteiger partial charge in [0.05, 0.1) is 0 Å². The van der Waals surface area contributed by atoms with Crippen LogP contribution in [-0.2, 0) is 0 Å². The van der Waals surface area contributed by atoms with Gasteiger partial charge in [-0.05, 0) is 42.0 Å². The molecule has 0 spiro atoms. The molecule has 2 unspecified atom stereocenters. The average Bonchev–Trinajstić information content (AvgIpc) is 2.26. The first-order chi connectivity index (χ1) is 7.55. The number of nitrogens with one attached hydrogen (secondary N) is 1. The summed E-state index contributed by atoms with van der Waals surface area (Å²) in [5, 5.41) is 3.51. The van der Waals surface area contributed by atoms with Crippen molar-refractivity contribution in [2.24, 2.45) is 5.41 Å². The van der Waals surface area contributed by atoms with Crippen LogP contribution >= 0.6 is 0 Å². The molecule has 0 heterocycles. The van der Waals surface area contributed by atoms with Gasteiger partial charge in [-0.3, -0.25) is 0 Å². The third-order valence-corrected chi connectivity index (χ3v) is 3.99. The lowest BCUT2D eigenvalue weighted by molar-refractivity contribution is 0.0706. The molecule has 0 amide bonds. The normalized spacial score (nSPS) is 27.5. The number of halogens is 1. The predicted molar refractivity (Wildman–Crippen MR) is 65.0 cm³/mol. The fraction of sp³-hybridized carbons (Fsp3) is 0.571. The van der Waals surface area contributed by atoms with Crippen molar-refractivity contribution in [2.45, 2.75) is 39.2 Å². The Kier molecular flexibility index (Phi) is 3.02. The number of hydrogen-bond donors (Lipinski definition) is 1. The minimum Gasteiger partial charge on any atom is -0.314 e. The van der Waals surface area contributed by atoms with Gasteiger partial charge in [0, 0.05) is 6.04 Å². The van der Waals surface area contributed by atoms with Crippen molar-refractivity contribution in [3.05, 3.63) is 35.6 Å². The molecule has 1 N–H and O–H groups in total. The van der Waals surface area contributed by atoms with Crippen molar-refractivity contribution >= 4 is 0 Å². The van der Waals surface area contributed by atoms with Crippen molar-refractivity contribution in [1.82, 2.24) is 5.32 Å². The molecule has 1 fully saturated rings. The van der Waals surface area contributed by atoms with Gasteiger partial charge >= 0.3 is 0 Å². The highest BCUT2D eigenvalue weighted by Crippen LogP contribution is 2.52. The molecule has 0 aromatic heterocycles. The van der Waals surface area contributed by atoms with Crippen LogP contribution in [0.5, 0.6) is 0 Å². The van der Waals surface area contributed by atoms with Crippen LogP contribution in [-0.4, -0.2) is 12.6 Å². The van der Waals surface area contributed by atoms with E-state index in [1.807, 2.05) is 12.1 Å². The van der Waals surface area contributed by atoms with Crippen LogP contribution < -0.4 is 5.32 Å². The van der Waals surface area contributed by atoms with Crippen LogP contribution in [0.3, 0.4) is 0 Å². The fourth-order valence-corrected chi connectivity index (χ4v) is 2.78. The van der Waals surface area contributed by atoms with Gasteiger partial charge in [-0.15, -0.1) is 0 Å². The monoisotopic (exact) mass is 221 g/mol. The van der Waals surface area contributed by atoms with Crippen LogP contribution in [0.1, 0.15) is 38.7 Å². The molecule has 1 aliphatic carbocycles. The molecule has 1 saturated carbocycles. The summed E-state index contributed by atoms with van der Waals surface area (Å²) in [5.74, 6) is 0.404. The summed E-state index contributed by atoms with van der Waals surface area (Å²) < 4.78 is 12.8. The predicted octanol–water partition coefficient (Wildman–Crippen LogP) is 3.32. The Morgan fingerprint density at radius 2 is 1.94 bits per heavy atom. The molecular formula is C14H20FN. The summed E-state index contributed by atoms with van der Waals surface area (Å²) in [6.45, 7) is 7.74. The van der Waals surface area contributed by atoms with Crippen molar-refractivity contribution < 1.29 is 4.39 Å². The zero-order valence-corrected chi connectivity index (χ0v) is 10.3. The largest absolute Gasteiger partial charge is 0.314 e. The zero-order chi connectivity index (χ0) is 11.8. The number of rotatable bonds is 3. The molecule has 2 rings (SSSR count). The van der Waals surface area contributed by atoms with Crippen LogP contribution in [0.4, 0.5) is 4.39 Å². The lowest BCUT2D eigenvalue weighted by atomic mass is 9.56. The Balaban J connectivity index is 2.11. The van der Waals surface area contributed by atoms with E-state index >= 15 is 0 Å². The molecular weight excluding hydrogens is 201 g/mol. The molecule has 1 nitrogen and oxygen atoms in total. The van der Waals surface area contributed by atoms with Gasteiger partial charge in [-0.25, -0.2) is 4.39 Å². The highest BCUT2D eigenvalue weighted by atomic mass is 19.1. The molecule has 2 atom stereocenters. The average molecular weight is 221 g/mol. The molecule has 2 heteroatoms. The van der Waals surface area contributed by atoms with Gasteiger partial charge in [0.15, 0.2) is 0 Å². The van der Waals surface area contributed by atoms with Crippen LogP contribution in [0.15, 0.2) is 24.3 Å². The third kappa shape index (κ3) is 1.86. The minimum atomic E-state index is -0.149. The fourth-order valence-electron chi connectivity index (χ4n) is 2.78. The minimum absolute atomic E-state index is 0.149. The van der Waals surface area contributed by atoms with E-state index in [0.717, 1.165) is 13.0 Å². The first-order valence-corrected chi connectivity index (χ1v) is 6.04. The standard InChI is InChI=1S/C14H20FN/c1-4-16-13-9-12(14(13,2)3)10-5-7-11(15)8-6-10/h5-8,12-13,16H,4,9H2,1-3H3. The lowest BCUT2D eigenvalue weighted by Gasteiger charge is -2.53. The quantitative estimate of drug-likeness (QED) is 0.825. The van der Waals surface area contributed by atoms with Gasteiger partial charge in [0.25, 0.3) is 0 Å². The van der Waals surface area contributed by atoms with Crippen LogP contribution in [0.25, 0.3) is 0 Å². The van der Waals surface area contributed by atoms with E-state index < -0.39 is 0 Å². The molecule has 1 aromatic carbocycles. The number of benzene rings is 1. The zero-order valence-electron chi connectivity index (χ0n) is 10.3. The Labute approximate surface area is 97.1 Å². The molecule has 1 aromatic rings. The van der Waals surface area contributed by atoms with E-state index in [1.54, 1.807) is 12.1 Å². The maximum atomic E-state index is 12.8. The molecule has 16 heavy (non-hydrogen) atoms. The van der Waals surface area contributed by atoms with Crippen LogP contribution in [0.2, 0.25) is 0 Å². The molecule has 0 aliphatic heterocycles. The van der Waals surface area contributed by atoms with Crippen molar-refractivity contribution in [1.29, 1.82) is 0 Å². The SMILES string of the molecule is CCNC1CC(c2ccc(F)cc2)C1(C)C. The molecule has 1 aliphatic rings. The Morgan fingerprint density at radius 1 is 1.31 bits per heavy atom. The van der Waals surface area contributed by atoms with E-state index in [9.17, 15) is 4.39 Å². The first kappa shape index (κ1) is 11.6. The smallest absolute Gasteiger partial charge is 0.123 e. The van der Waals surface area contributed by atoms with Gasteiger partial charge in [0.2, 0.25) is 0 Å². The van der Waals surface area contributed by atoms with Gasteiger partial charge in [-0.1, -0.05) is 32.9 Å². The molecule has 0 saturated heterocycles. The van der Waals surface area contributed by atoms with E-state index in [0.29, 0.717) is 12.0 Å². The second kappa shape index (κ2) is 4.17. The summed E-state index contributed by atoms with van der Waals surface area (Å²) in [4.78, 5) is 0. The highest BCUT2D eigenvalue weighted by molar-refractivity contribution is 5.27. The van der Waals surface area contributed by atoms with Crippen LogP contribution in [0, 0.1) is 11.2 Å². The second-order valence-corrected chi connectivity index (χ2v) is 5.27. The maximum Gasteiger partial charge on any atom is 0.123 e. The van der Waals surface area contributed by atoms with E-state index in [-0.39, 0.29) is 11.2 Å². The highest BCUT2D eigenvalue weighted by Gasteiger charge is 2.47. The summed E-state index contributed by atoms with van der Waals surface area (Å²) in [5.41, 5.74) is 1.54. The first-order valence-electron chi connectivity index (χ1n) is 6.04. The summed E-state index contributed by atoms with van der Waals surface area (Å²) in [7, 11) is 0. The lowest BCUT2D eigenvalue weighted by Crippen LogP contribution is -2.55. The number of hydrogen-bond acceptors (Lipinski definition) is 1. The van der Waals surface area contributed by atoms with Gasteiger partial charge in [-0.2, -0.15) is 0 Å². The summed E-state index contributed by atoms with van der Waals surface area (Å²) in [6.07, 6.45) is 1.16. The van der Waals surface area contributed by atoms with E-state index in [2.05, 4.69) is 26.1 Å². The topological polar surface area (TPSA) is 12.0 Å². The summed E-state index contributed by atoms with van der Waals surface area (Å²) in [6, 6.07) is 7.55. The Hall–Kier alpha value is -0.890. The maximum absolute atomic E-state index is 12.8. The van der Waals surface area contributed by atoms with Crippen molar-refractivity contribution in [3.63, 3.8) is 0 Å². The van der Waals surface area contributed by atoms with Crippen molar-refractivity contribution in [3.8, 4) is 0 Å².